The van der Waals surface area contributed by atoms with Gasteiger partial charge in [-0.2, -0.15) is 0 Å². The summed E-state index contributed by atoms with van der Waals surface area (Å²) >= 11 is 0. The Morgan fingerprint density at radius 1 is 1.16 bits per heavy atom. The highest BCUT2D eigenvalue weighted by atomic mass is 16.5. The van der Waals surface area contributed by atoms with Gasteiger partial charge in [0.25, 0.3) is 0 Å². The highest BCUT2D eigenvalue weighted by molar-refractivity contribution is 5.94. The number of para-hydroxylation sites is 2. The number of carbonyl (C=O) groups excluding carboxylic acids is 2. The molecule has 0 saturated carbocycles. The van der Waals surface area contributed by atoms with Crippen molar-refractivity contribution in [2.75, 3.05) is 26.0 Å². The summed E-state index contributed by atoms with van der Waals surface area (Å²) < 4.78 is 10.3. The standard InChI is InChI=1S/C18H17N3O4/c1-21(18(23)24-2)11-16(22)19-13-9-7-12(8-10-13)17-20-14-5-3-4-6-15(14)25-17/h3-10H,11H2,1-2H3,(H,19,22). The molecule has 0 aliphatic rings. The molecule has 0 spiro atoms. The summed E-state index contributed by atoms with van der Waals surface area (Å²) in [6.45, 7) is -0.0977. The third kappa shape index (κ3) is 3.77. The van der Waals surface area contributed by atoms with Gasteiger partial charge in [-0.15, -0.1) is 0 Å². The van der Waals surface area contributed by atoms with E-state index in [1.807, 2.05) is 36.4 Å². The number of rotatable bonds is 4. The number of methoxy groups -OCH3 is 1. The van der Waals surface area contributed by atoms with Gasteiger partial charge >= 0.3 is 6.09 Å². The van der Waals surface area contributed by atoms with Gasteiger partial charge in [0.05, 0.1) is 7.11 Å². The number of likely N-dealkylation sites (N-methyl/N-ethyl adjacent to an activating group) is 1. The molecule has 3 rings (SSSR count). The first kappa shape index (κ1) is 16.5. The first-order chi connectivity index (χ1) is 12.1. The maximum atomic E-state index is 11.9. The second-order valence-corrected chi connectivity index (χ2v) is 5.44. The molecule has 2 amide bonds. The van der Waals surface area contributed by atoms with E-state index < -0.39 is 6.09 Å². The molecule has 25 heavy (non-hydrogen) atoms. The van der Waals surface area contributed by atoms with E-state index in [4.69, 9.17) is 4.42 Å². The molecular formula is C18H17N3O4. The van der Waals surface area contributed by atoms with Crippen molar-refractivity contribution in [2.24, 2.45) is 0 Å². The predicted octanol–water partition coefficient (Wildman–Crippen LogP) is 3.13. The maximum Gasteiger partial charge on any atom is 0.409 e. The van der Waals surface area contributed by atoms with E-state index in [1.165, 1.54) is 19.1 Å². The van der Waals surface area contributed by atoms with Gasteiger partial charge in [-0.1, -0.05) is 12.1 Å². The Balaban J connectivity index is 1.67. The lowest BCUT2D eigenvalue weighted by atomic mass is 10.2. The Bertz CT molecular complexity index is 869. The molecule has 0 atom stereocenters. The number of hydrogen-bond acceptors (Lipinski definition) is 5. The quantitative estimate of drug-likeness (QED) is 0.789. The summed E-state index contributed by atoms with van der Waals surface area (Å²) in [5.74, 6) is 0.201. The smallest absolute Gasteiger partial charge is 0.409 e. The van der Waals surface area contributed by atoms with Crippen molar-refractivity contribution < 1.29 is 18.7 Å². The Hall–Kier alpha value is -3.35. The van der Waals surface area contributed by atoms with E-state index in [0.29, 0.717) is 11.6 Å². The fraction of sp³-hybridized carbons (Fsp3) is 0.167. The summed E-state index contributed by atoms with van der Waals surface area (Å²) in [6, 6.07) is 14.7. The highest BCUT2D eigenvalue weighted by Crippen LogP contribution is 2.25. The van der Waals surface area contributed by atoms with Crippen molar-refractivity contribution in [1.29, 1.82) is 0 Å². The minimum atomic E-state index is -0.568. The molecule has 3 aromatic rings. The second kappa shape index (κ2) is 7.04. The SMILES string of the molecule is COC(=O)N(C)CC(=O)Nc1ccc(-c2nc3ccccc3o2)cc1. The minimum absolute atomic E-state index is 0.0977. The molecule has 0 aliphatic heterocycles. The van der Waals surface area contributed by atoms with Crippen LogP contribution in [0.1, 0.15) is 0 Å². The van der Waals surface area contributed by atoms with E-state index in [0.717, 1.165) is 16.7 Å². The zero-order valence-corrected chi connectivity index (χ0v) is 13.9. The molecule has 0 radical (unpaired) electrons. The number of nitrogens with one attached hydrogen (secondary N) is 1. The number of nitrogens with zero attached hydrogens (tertiary/aromatic N) is 2. The van der Waals surface area contributed by atoms with Crippen LogP contribution in [0.4, 0.5) is 10.5 Å². The van der Waals surface area contributed by atoms with Crippen LogP contribution in [0.25, 0.3) is 22.6 Å². The zero-order valence-electron chi connectivity index (χ0n) is 13.9. The summed E-state index contributed by atoms with van der Waals surface area (Å²) in [5, 5.41) is 2.72. The number of amides is 2. The van der Waals surface area contributed by atoms with Crippen LogP contribution in [0.2, 0.25) is 0 Å². The molecule has 0 unspecified atom stereocenters. The molecule has 1 N–H and O–H groups in total. The number of fused-ring (bicyclic) bond motifs is 1. The second-order valence-electron chi connectivity index (χ2n) is 5.44. The Morgan fingerprint density at radius 2 is 1.88 bits per heavy atom. The number of benzene rings is 2. The van der Waals surface area contributed by atoms with E-state index in [1.54, 1.807) is 12.1 Å². The summed E-state index contributed by atoms with van der Waals surface area (Å²) in [4.78, 5) is 28.8. The van der Waals surface area contributed by atoms with Crippen LogP contribution < -0.4 is 5.32 Å². The monoisotopic (exact) mass is 339 g/mol. The normalized spacial score (nSPS) is 10.5. The molecule has 0 saturated heterocycles. The van der Waals surface area contributed by atoms with Crippen molar-refractivity contribution >= 4 is 28.8 Å². The van der Waals surface area contributed by atoms with Gasteiger partial charge in [-0.3, -0.25) is 4.79 Å². The fourth-order valence-corrected chi connectivity index (χ4v) is 2.33. The third-order valence-electron chi connectivity index (χ3n) is 3.58. The minimum Gasteiger partial charge on any atom is -0.453 e. The molecule has 2 aromatic carbocycles. The summed E-state index contributed by atoms with van der Waals surface area (Å²) in [6.07, 6.45) is -0.568. The average molecular weight is 339 g/mol. The molecule has 0 fully saturated rings. The Labute approximate surface area is 144 Å². The van der Waals surface area contributed by atoms with Crippen LogP contribution in [-0.2, 0) is 9.53 Å². The van der Waals surface area contributed by atoms with Crippen LogP contribution >= 0.6 is 0 Å². The third-order valence-corrected chi connectivity index (χ3v) is 3.58. The molecule has 7 heteroatoms. The van der Waals surface area contributed by atoms with Crippen LogP contribution in [0.15, 0.2) is 52.9 Å². The molecule has 128 valence electrons. The number of anilines is 1. The maximum absolute atomic E-state index is 11.9. The van der Waals surface area contributed by atoms with Gasteiger partial charge in [0.1, 0.15) is 12.1 Å². The number of ether oxygens (including phenoxy) is 1. The first-order valence-electron chi connectivity index (χ1n) is 7.62. The molecule has 1 heterocycles. The number of oxazole rings is 1. The van der Waals surface area contributed by atoms with Crippen molar-refractivity contribution in [1.82, 2.24) is 9.88 Å². The van der Waals surface area contributed by atoms with E-state index >= 15 is 0 Å². The molecule has 0 bridgehead atoms. The largest absolute Gasteiger partial charge is 0.453 e. The molecule has 1 aromatic heterocycles. The zero-order chi connectivity index (χ0) is 17.8. The van der Waals surface area contributed by atoms with Crippen molar-refractivity contribution in [2.45, 2.75) is 0 Å². The molecule has 0 aliphatic carbocycles. The first-order valence-corrected chi connectivity index (χ1v) is 7.62. The van der Waals surface area contributed by atoms with Gasteiger partial charge < -0.3 is 19.4 Å². The Morgan fingerprint density at radius 3 is 2.56 bits per heavy atom. The number of aromatic nitrogens is 1. The van der Waals surface area contributed by atoms with Gasteiger partial charge in [-0.05, 0) is 36.4 Å². The van der Waals surface area contributed by atoms with Crippen LogP contribution in [-0.4, -0.2) is 42.6 Å². The van der Waals surface area contributed by atoms with Gasteiger partial charge in [0.2, 0.25) is 11.8 Å². The van der Waals surface area contributed by atoms with E-state index in [2.05, 4.69) is 15.0 Å². The molecule has 7 nitrogen and oxygen atoms in total. The van der Waals surface area contributed by atoms with Crippen LogP contribution in [0, 0.1) is 0 Å². The van der Waals surface area contributed by atoms with Crippen molar-refractivity contribution in [3.8, 4) is 11.5 Å². The number of hydrogen-bond donors (Lipinski definition) is 1. The average Bonchev–Trinajstić information content (AvgIpc) is 3.05. The van der Waals surface area contributed by atoms with Gasteiger partial charge in [0.15, 0.2) is 5.58 Å². The highest BCUT2D eigenvalue weighted by Gasteiger charge is 2.13. The lowest BCUT2D eigenvalue weighted by molar-refractivity contribution is -0.116. The summed E-state index contributed by atoms with van der Waals surface area (Å²) in [5.41, 5.74) is 2.94. The van der Waals surface area contributed by atoms with Gasteiger partial charge in [0, 0.05) is 18.3 Å². The lowest BCUT2D eigenvalue weighted by Crippen LogP contribution is -2.34. The molecular weight excluding hydrogens is 322 g/mol. The Kier molecular flexibility index (Phi) is 4.65. The lowest BCUT2D eigenvalue weighted by Gasteiger charge is -2.14. The van der Waals surface area contributed by atoms with E-state index in [-0.39, 0.29) is 12.5 Å². The van der Waals surface area contributed by atoms with Crippen LogP contribution in [0.5, 0.6) is 0 Å². The van der Waals surface area contributed by atoms with Crippen molar-refractivity contribution in [3.05, 3.63) is 48.5 Å². The van der Waals surface area contributed by atoms with Crippen LogP contribution in [0.3, 0.4) is 0 Å². The summed E-state index contributed by atoms with van der Waals surface area (Å²) in [7, 11) is 2.75. The predicted molar refractivity (Wildman–Crippen MR) is 93.1 cm³/mol. The van der Waals surface area contributed by atoms with E-state index in [9.17, 15) is 9.59 Å². The number of carbonyl (C=O) groups is 2. The topological polar surface area (TPSA) is 84.7 Å². The van der Waals surface area contributed by atoms with Crippen molar-refractivity contribution in [3.63, 3.8) is 0 Å². The van der Waals surface area contributed by atoms with Gasteiger partial charge in [-0.25, -0.2) is 9.78 Å². The fourth-order valence-electron chi connectivity index (χ4n) is 2.33.